The lowest BCUT2D eigenvalue weighted by Crippen LogP contribution is -2.04. The van der Waals surface area contributed by atoms with Crippen molar-refractivity contribution in [3.05, 3.63) is 15.2 Å². The van der Waals surface area contributed by atoms with Crippen molar-refractivity contribution in [2.75, 3.05) is 7.11 Å². The monoisotopic (exact) mass is 284 g/mol. The summed E-state index contributed by atoms with van der Waals surface area (Å²) in [5.41, 5.74) is 0.0121. The number of carbonyl (C=O) groups excluding carboxylic acids is 1. The molecule has 1 aromatic rings. The summed E-state index contributed by atoms with van der Waals surface area (Å²) in [6.07, 6.45) is 0. The van der Waals surface area contributed by atoms with Crippen molar-refractivity contribution in [2.24, 2.45) is 7.05 Å². The van der Waals surface area contributed by atoms with Crippen LogP contribution in [0.3, 0.4) is 0 Å². The molecule has 0 aromatic carbocycles. The predicted molar refractivity (Wildman–Crippen MR) is 47.2 cm³/mol. The van der Waals surface area contributed by atoms with Crippen LogP contribution in [0.15, 0.2) is 0 Å². The zero-order valence-corrected chi connectivity index (χ0v) is 8.62. The zero-order valence-electron chi connectivity index (χ0n) is 6.47. The third-order valence-electron chi connectivity index (χ3n) is 1.30. The first-order valence-electron chi connectivity index (χ1n) is 3.04. The highest BCUT2D eigenvalue weighted by molar-refractivity contribution is 14.1. The van der Waals surface area contributed by atoms with E-state index in [1.807, 2.05) is 0 Å². The molecule has 1 rings (SSSR count). The molecule has 12 heavy (non-hydrogen) atoms. The first kappa shape index (κ1) is 9.43. The van der Waals surface area contributed by atoms with E-state index in [0.29, 0.717) is 0 Å². The molecule has 6 heteroatoms. The van der Waals surface area contributed by atoms with Crippen LogP contribution < -0.4 is 0 Å². The molecule has 0 spiro atoms. The van der Waals surface area contributed by atoms with Gasteiger partial charge in [0.1, 0.15) is 3.57 Å². The Balaban J connectivity index is 3.17. The quantitative estimate of drug-likeness (QED) is 0.569. The van der Waals surface area contributed by atoms with Gasteiger partial charge in [0, 0.05) is 7.05 Å². The topological polar surface area (TPSA) is 44.1 Å². The number of aryl methyl sites for hydroxylation is 1. The molecule has 0 aliphatic carbocycles. The van der Waals surface area contributed by atoms with Crippen molar-refractivity contribution >= 4 is 28.6 Å². The van der Waals surface area contributed by atoms with Gasteiger partial charge in [0.2, 0.25) is 5.95 Å². The van der Waals surface area contributed by atoms with Crippen LogP contribution in [0.1, 0.15) is 10.5 Å². The van der Waals surface area contributed by atoms with Crippen molar-refractivity contribution < 1.29 is 13.9 Å². The molecule has 0 atom stereocenters. The summed E-state index contributed by atoms with van der Waals surface area (Å²) in [5, 5.41) is 3.64. The molecule has 0 bridgehead atoms. The van der Waals surface area contributed by atoms with Gasteiger partial charge in [-0.25, -0.2) is 9.48 Å². The van der Waals surface area contributed by atoms with Gasteiger partial charge >= 0.3 is 5.97 Å². The number of aromatic nitrogens is 2. The van der Waals surface area contributed by atoms with E-state index >= 15 is 0 Å². The van der Waals surface area contributed by atoms with Crippen LogP contribution in [0, 0.1) is 9.52 Å². The van der Waals surface area contributed by atoms with Crippen LogP contribution in [-0.2, 0) is 11.8 Å². The Labute approximate surface area is 81.8 Å². The molecule has 1 aromatic heterocycles. The minimum Gasteiger partial charge on any atom is -0.464 e. The second-order valence-corrected chi connectivity index (χ2v) is 3.15. The number of rotatable bonds is 1. The maximum Gasteiger partial charge on any atom is 0.359 e. The van der Waals surface area contributed by atoms with Gasteiger partial charge in [-0.1, -0.05) is 0 Å². The van der Waals surface area contributed by atoms with Gasteiger partial charge in [0.15, 0.2) is 5.69 Å². The van der Waals surface area contributed by atoms with E-state index in [2.05, 4.69) is 9.84 Å². The molecular weight excluding hydrogens is 278 g/mol. The lowest BCUT2D eigenvalue weighted by Gasteiger charge is -1.92. The van der Waals surface area contributed by atoms with Crippen molar-refractivity contribution in [1.82, 2.24) is 9.78 Å². The highest BCUT2D eigenvalue weighted by Crippen LogP contribution is 2.14. The van der Waals surface area contributed by atoms with Crippen LogP contribution >= 0.6 is 22.6 Å². The van der Waals surface area contributed by atoms with Crippen LogP contribution in [0.4, 0.5) is 4.39 Å². The van der Waals surface area contributed by atoms with Gasteiger partial charge in [0.05, 0.1) is 7.11 Å². The van der Waals surface area contributed by atoms with Gasteiger partial charge in [0.25, 0.3) is 0 Å². The summed E-state index contributed by atoms with van der Waals surface area (Å²) < 4.78 is 18.5. The first-order valence-corrected chi connectivity index (χ1v) is 4.12. The fraction of sp³-hybridized carbons (Fsp3) is 0.333. The normalized spacial score (nSPS) is 10.0. The first-order chi connectivity index (χ1) is 5.57. The van der Waals surface area contributed by atoms with Gasteiger partial charge < -0.3 is 4.74 Å². The van der Waals surface area contributed by atoms with Crippen molar-refractivity contribution in [3.63, 3.8) is 0 Å². The highest BCUT2D eigenvalue weighted by Gasteiger charge is 2.19. The fourth-order valence-electron chi connectivity index (χ4n) is 0.705. The molecule has 0 amide bonds. The number of halogens is 2. The minimum absolute atomic E-state index is 0.0121. The number of nitrogens with zero attached hydrogens (tertiary/aromatic N) is 2. The van der Waals surface area contributed by atoms with Crippen LogP contribution in [0.25, 0.3) is 0 Å². The molecule has 4 nitrogen and oxygen atoms in total. The Bertz CT molecular complexity index is 324. The third-order valence-corrected chi connectivity index (χ3v) is 2.26. The maximum atomic E-state index is 12.9. The lowest BCUT2D eigenvalue weighted by molar-refractivity contribution is 0.0592. The number of hydrogen-bond acceptors (Lipinski definition) is 3. The average molecular weight is 284 g/mol. The Morgan fingerprint density at radius 3 is 2.67 bits per heavy atom. The summed E-state index contributed by atoms with van der Waals surface area (Å²) in [5.74, 6) is -1.16. The van der Waals surface area contributed by atoms with Gasteiger partial charge in [-0.2, -0.15) is 9.49 Å². The molecule has 66 valence electrons. The Morgan fingerprint density at radius 1 is 1.75 bits per heavy atom. The van der Waals surface area contributed by atoms with Crippen LogP contribution in [0.5, 0.6) is 0 Å². The lowest BCUT2D eigenvalue weighted by atomic mass is 10.4. The van der Waals surface area contributed by atoms with E-state index in [-0.39, 0.29) is 9.26 Å². The predicted octanol–water partition coefficient (Wildman–Crippen LogP) is 0.950. The van der Waals surface area contributed by atoms with Gasteiger partial charge in [-0.15, -0.1) is 0 Å². The molecule has 0 radical (unpaired) electrons. The van der Waals surface area contributed by atoms with E-state index in [4.69, 9.17) is 0 Å². The maximum absolute atomic E-state index is 12.9. The van der Waals surface area contributed by atoms with E-state index in [1.54, 1.807) is 22.6 Å². The van der Waals surface area contributed by atoms with Crippen molar-refractivity contribution in [3.8, 4) is 0 Å². The van der Waals surface area contributed by atoms with Crippen LogP contribution in [0.2, 0.25) is 0 Å². The standard InChI is InChI=1S/C6H6FIN2O2/c1-10-5(7)3(8)4(9-10)6(11)12-2/h1-2H3. The van der Waals surface area contributed by atoms with E-state index in [9.17, 15) is 9.18 Å². The second-order valence-electron chi connectivity index (χ2n) is 2.07. The van der Waals surface area contributed by atoms with E-state index in [0.717, 1.165) is 4.68 Å². The largest absolute Gasteiger partial charge is 0.464 e. The zero-order chi connectivity index (χ0) is 9.30. The third kappa shape index (κ3) is 1.43. The fourth-order valence-corrected chi connectivity index (χ4v) is 1.38. The molecule has 0 saturated heterocycles. The Hall–Kier alpha value is -0.660. The van der Waals surface area contributed by atoms with Gasteiger partial charge in [-0.05, 0) is 22.6 Å². The van der Waals surface area contributed by atoms with Crippen LogP contribution in [-0.4, -0.2) is 22.9 Å². The summed E-state index contributed by atoms with van der Waals surface area (Å²) in [6, 6.07) is 0. The number of hydrogen-bond donors (Lipinski definition) is 0. The van der Waals surface area contributed by atoms with Gasteiger partial charge in [-0.3, -0.25) is 0 Å². The summed E-state index contributed by atoms with van der Waals surface area (Å²) >= 11 is 1.71. The molecule has 0 fully saturated rings. The smallest absolute Gasteiger partial charge is 0.359 e. The number of methoxy groups -OCH3 is 1. The summed E-state index contributed by atoms with van der Waals surface area (Å²) in [4.78, 5) is 10.9. The average Bonchev–Trinajstić information content (AvgIpc) is 2.32. The summed E-state index contributed by atoms with van der Waals surface area (Å²) in [7, 11) is 2.65. The molecule has 0 saturated carbocycles. The Morgan fingerprint density at radius 2 is 2.33 bits per heavy atom. The molecule has 0 unspecified atom stereocenters. The molecule has 0 aliphatic heterocycles. The van der Waals surface area contributed by atoms with Crippen molar-refractivity contribution in [2.45, 2.75) is 0 Å². The number of esters is 1. The second kappa shape index (κ2) is 3.38. The SMILES string of the molecule is COC(=O)c1nn(C)c(F)c1I. The molecule has 0 N–H and O–H groups in total. The highest BCUT2D eigenvalue weighted by atomic mass is 127. The Kier molecular flexibility index (Phi) is 2.65. The molecule has 0 aliphatic rings. The number of carbonyl (C=O) groups is 1. The molecular formula is C6H6FIN2O2. The summed E-state index contributed by atoms with van der Waals surface area (Å²) in [6.45, 7) is 0. The van der Waals surface area contributed by atoms with Crippen molar-refractivity contribution in [1.29, 1.82) is 0 Å². The van der Waals surface area contributed by atoms with E-state index < -0.39 is 11.9 Å². The van der Waals surface area contributed by atoms with E-state index in [1.165, 1.54) is 14.2 Å². The molecule has 1 heterocycles. The minimum atomic E-state index is -0.626. The number of ether oxygens (including phenoxy) is 1.